The van der Waals surface area contributed by atoms with Crippen molar-refractivity contribution >= 4 is 52.8 Å². The maximum atomic E-state index is 13.1. The molecule has 1 saturated heterocycles. The standard InChI is InChI=1S/C26H20Cl2N2O6/c1-2-35-22-13-16(12-21(28)23(22)36-14-15-3-5-17(27)6-4-15)11-20-24(32)29-26(34)30(25(20)33)18-7-9-19(31)10-8-18/h3-13,31H,2,14H2,1H3,(H,29,32,34)/b20-11+. The molecule has 10 heteroatoms. The van der Waals surface area contributed by atoms with Crippen molar-refractivity contribution in [1.82, 2.24) is 5.32 Å². The number of carbonyl (C=O) groups is 3. The minimum Gasteiger partial charge on any atom is -0.508 e. The SMILES string of the molecule is CCOc1cc(/C=C2\C(=O)NC(=O)N(c3ccc(O)cc3)C2=O)cc(Cl)c1OCc1ccc(Cl)cc1. The van der Waals surface area contributed by atoms with E-state index in [0.717, 1.165) is 10.5 Å². The second kappa shape index (κ2) is 10.7. The molecule has 8 nitrogen and oxygen atoms in total. The molecule has 36 heavy (non-hydrogen) atoms. The summed E-state index contributed by atoms with van der Waals surface area (Å²) in [7, 11) is 0. The van der Waals surface area contributed by atoms with Crippen molar-refractivity contribution in [3.63, 3.8) is 0 Å². The predicted octanol–water partition coefficient (Wildman–Crippen LogP) is 5.34. The van der Waals surface area contributed by atoms with E-state index in [-0.39, 0.29) is 28.6 Å². The van der Waals surface area contributed by atoms with Gasteiger partial charge in [-0.1, -0.05) is 35.3 Å². The van der Waals surface area contributed by atoms with Crippen molar-refractivity contribution in [2.75, 3.05) is 11.5 Å². The lowest BCUT2D eigenvalue weighted by molar-refractivity contribution is -0.122. The van der Waals surface area contributed by atoms with Crippen LogP contribution >= 0.6 is 23.2 Å². The van der Waals surface area contributed by atoms with E-state index < -0.39 is 17.8 Å². The molecule has 0 radical (unpaired) electrons. The van der Waals surface area contributed by atoms with Gasteiger partial charge in [0.2, 0.25) is 0 Å². The van der Waals surface area contributed by atoms with Gasteiger partial charge in [0.15, 0.2) is 11.5 Å². The zero-order chi connectivity index (χ0) is 25.8. The topological polar surface area (TPSA) is 105 Å². The van der Waals surface area contributed by atoms with Crippen LogP contribution in [0.2, 0.25) is 10.0 Å². The van der Waals surface area contributed by atoms with E-state index >= 15 is 0 Å². The third kappa shape index (κ3) is 5.45. The number of benzene rings is 3. The Labute approximate surface area is 216 Å². The van der Waals surface area contributed by atoms with Crippen molar-refractivity contribution in [3.8, 4) is 17.2 Å². The smallest absolute Gasteiger partial charge is 0.335 e. The van der Waals surface area contributed by atoms with Gasteiger partial charge in [-0.3, -0.25) is 14.9 Å². The van der Waals surface area contributed by atoms with E-state index in [1.807, 2.05) is 12.1 Å². The number of halogens is 2. The molecule has 1 fully saturated rings. The number of urea groups is 1. The molecule has 3 aromatic rings. The Kier molecular flexibility index (Phi) is 7.47. The van der Waals surface area contributed by atoms with Gasteiger partial charge in [-0.2, -0.15) is 0 Å². The number of phenols is 1. The molecule has 0 unspecified atom stereocenters. The normalized spacial score (nSPS) is 14.7. The first-order chi connectivity index (χ1) is 17.3. The zero-order valence-corrected chi connectivity index (χ0v) is 20.5. The van der Waals surface area contributed by atoms with Crippen molar-refractivity contribution in [2.45, 2.75) is 13.5 Å². The van der Waals surface area contributed by atoms with Gasteiger partial charge in [0.05, 0.1) is 17.3 Å². The number of nitrogens with zero attached hydrogens (tertiary/aromatic N) is 1. The summed E-state index contributed by atoms with van der Waals surface area (Å²) in [6.45, 7) is 2.32. The second-order valence-corrected chi connectivity index (χ2v) is 8.50. The Morgan fingerprint density at radius 2 is 1.67 bits per heavy atom. The number of nitrogens with one attached hydrogen (secondary N) is 1. The maximum Gasteiger partial charge on any atom is 0.335 e. The van der Waals surface area contributed by atoms with Crippen LogP contribution in [-0.2, 0) is 16.2 Å². The van der Waals surface area contributed by atoms with Gasteiger partial charge in [0.25, 0.3) is 11.8 Å². The van der Waals surface area contributed by atoms with E-state index in [1.54, 1.807) is 25.1 Å². The third-order valence-corrected chi connectivity index (χ3v) is 5.68. The third-order valence-electron chi connectivity index (χ3n) is 5.15. The molecule has 2 N–H and O–H groups in total. The van der Waals surface area contributed by atoms with Crippen molar-refractivity contribution in [1.29, 1.82) is 0 Å². The van der Waals surface area contributed by atoms with Crippen LogP contribution in [0, 0.1) is 0 Å². The number of hydrogen-bond acceptors (Lipinski definition) is 6. The minimum absolute atomic E-state index is 0.0353. The highest BCUT2D eigenvalue weighted by Crippen LogP contribution is 2.38. The quantitative estimate of drug-likeness (QED) is 0.318. The van der Waals surface area contributed by atoms with Gasteiger partial charge >= 0.3 is 6.03 Å². The number of amides is 4. The predicted molar refractivity (Wildman–Crippen MR) is 136 cm³/mol. The van der Waals surface area contributed by atoms with Gasteiger partial charge in [0.1, 0.15) is 17.9 Å². The summed E-state index contributed by atoms with van der Waals surface area (Å²) >= 11 is 12.4. The van der Waals surface area contributed by atoms with E-state index in [1.165, 1.54) is 36.4 Å². The van der Waals surface area contributed by atoms with Gasteiger partial charge in [-0.05, 0) is 72.7 Å². The van der Waals surface area contributed by atoms with Crippen LogP contribution in [0.3, 0.4) is 0 Å². The lowest BCUT2D eigenvalue weighted by Gasteiger charge is -2.26. The molecule has 0 bridgehead atoms. The number of anilines is 1. The number of phenolic OH excluding ortho intramolecular Hbond substituents is 1. The lowest BCUT2D eigenvalue weighted by Crippen LogP contribution is -2.54. The summed E-state index contributed by atoms with van der Waals surface area (Å²) in [4.78, 5) is 38.8. The van der Waals surface area contributed by atoms with E-state index in [4.69, 9.17) is 32.7 Å². The van der Waals surface area contributed by atoms with Crippen molar-refractivity contribution < 1.29 is 29.0 Å². The zero-order valence-electron chi connectivity index (χ0n) is 19.0. The van der Waals surface area contributed by atoms with E-state index in [2.05, 4.69) is 5.32 Å². The first-order valence-corrected chi connectivity index (χ1v) is 11.6. The summed E-state index contributed by atoms with van der Waals surface area (Å²) in [5.74, 6) is -1.09. The summed E-state index contributed by atoms with van der Waals surface area (Å²) in [6.07, 6.45) is 1.31. The molecule has 0 atom stereocenters. The average molecular weight is 527 g/mol. The summed E-state index contributed by atoms with van der Waals surface area (Å²) in [5, 5.41) is 12.5. The van der Waals surface area contributed by atoms with Gasteiger partial charge in [-0.25, -0.2) is 9.69 Å². The molecular weight excluding hydrogens is 507 g/mol. The first-order valence-electron chi connectivity index (χ1n) is 10.8. The lowest BCUT2D eigenvalue weighted by atomic mass is 10.1. The highest BCUT2D eigenvalue weighted by Gasteiger charge is 2.36. The number of aromatic hydroxyl groups is 1. The Morgan fingerprint density at radius 1 is 0.972 bits per heavy atom. The summed E-state index contributed by atoms with van der Waals surface area (Å²) in [5.41, 5.74) is 1.16. The number of carbonyl (C=O) groups excluding carboxylic acids is 3. The summed E-state index contributed by atoms with van der Waals surface area (Å²) in [6, 6.07) is 14.8. The largest absolute Gasteiger partial charge is 0.508 e. The molecule has 184 valence electrons. The second-order valence-electron chi connectivity index (χ2n) is 7.65. The van der Waals surface area contributed by atoms with Gasteiger partial charge < -0.3 is 14.6 Å². The van der Waals surface area contributed by atoms with Crippen molar-refractivity contribution in [3.05, 3.63) is 87.4 Å². The highest BCUT2D eigenvalue weighted by atomic mass is 35.5. The molecule has 4 rings (SSSR count). The fourth-order valence-electron chi connectivity index (χ4n) is 3.47. The number of hydrogen-bond donors (Lipinski definition) is 2. The Bertz CT molecular complexity index is 1350. The number of rotatable bonds is 7. The molecule has 0 aromatic heterocycles. The van der Waals surface area contributed by atoms with Gasteiger partial charge in [-0.15, -0.1) is 0 Å². The molecule has 4 amide bonds. The monoisotopic (exact) mass is 526 g/mol. The average Bonchev–Trinajstić information content (AvgIpc) is 2.83. The Balaban J connectivity index is 1.65. The molecule has 0 spiro atoms. The molecule has 0 aliphatic carbocycles. The molecule has 1 aliphatic heterocycles. The van der Waals surface area contributed by atoms with Crippen LogP contribution in [-0.4, -0.2) is 29.6 Å². The molecule has 0 saturated carbocycles. The summed E-state index contributed by atoms with van der Waals surface area (Å²) < 4.78 is 11.6. The minimum atomic E-state index is -0.896. The van der Waals surface area contributed by atoms with Crippen LogP contribution in [0.1, 0.15) is 18.1 Å². The molecular formula is C26H20Cl2N2O6. The number of ether oxygens (including phenoxy) is 2. The maximum absolute atomic E-state index is 13.1. The van der Waals surface area contributed by atoms with Crippen LogP contribution in [0.25, 0.3) is 6.08 Å². The van der Waals surface area contributed by atoms with Crippen LogP contribution in [0.15, 0.2) is 66.2 Å². The highest BCUT2D eigenvalue weighted by molar-refractivity contribution is 6.39. The fourth-order valence-corrected chi connectivity index (χ4v) is 3.87. The number of imide groups is 2. The Morgan fingerprint density at radius 3 is 2.33 bits per heavy atom. The first kappa shape index (κ1) is 25.1. The van der Waals surface area contributed by atoms with E-state index in [9.17, 15) is 19.5 Å². The van der Waals surface area contributed by atoms with Gasteiger partial charge in [0, 0.05) is 5.02 Å². The molecule has 1 aliphatic rings. The van der Waals surface area contributed by atoms with Crippen molar-refractivity contribution in [2.24, 2.45) is 0 Å². The molecule has 3 aromatic carbocycles. The van der Waals surface area contributed by atoms with Crippen LogP contribution in [0.5, 0.6) is 17.2 Å². The molecule has 1 heterocycles. The Hall–Kier alpha value is -4.01. The van der Waals surface area contributed by atoms with Crippen LogP contribution < -0.4 is 19.7 Å². The van der Waals surface area contributed by atoms with Crippen LogP contribution in [0.4, 0.5) is 10.5 Å². The van der Waals surface area contributed by atoms with E-state index in [0.29, 0.717) is 28.7 Å². The number of barbiturate groups is 1. The fraction of sp³-hybridized carbons (Fsp3) is 0.115.